The minimum absolute atomic E-state index is 0.0591. The van der Waals surface area contributed by atoms with Crippen LogP contribution in [0.4, 0.5) is 5.69 Å². The van der Waals surface area contributed by atoms with Gasteiger partial charge in [0.05, 0.1) is 0 Å². The number of hydrogen-bond donors (Lipinski definition) is 1. The van der Waals surface area contributed by atoms with Crippen molar-refractivity contribution in [2.24, 2.45) is 0 Å². The van der Waals surface area contributed by atoms with Crippen molar-refractivity contribution >= 4 is 17.9 Å². The van der Waals surface area contributed by atoms with E-state index in [1.807, 2.05) is 48.5 Å². The second-order valence-corrected chi connectivity index (χ2v) is 3.96. The van der Waals surface area contributed by atoms with Crippen molar-refractivity contribution in [3.8, 4) is 0 Å². The third kappa shape index (κ3) is 6.55. The van der Waals surface area contributed by atoms with Gasteiger partial charge >= 0.3 is 73.4 Å². The fraction of sp³-hybridized carbons (Fsp3) is 0.0667. The number of para-hydroxylation sites is 1. The van der Waals surface area contributed by atoms with E-state index >= 15 is 0 Å². The Balaban J connectivity index is 0.000000200. The summed E-state index contributed by atoms with van der Waals surface area (Å²) in [5.41, 5.74) is 1.55. The number of anilines is 1. The van der Waals surface area contributed by atoms with E-state index in [1.54, 1.807) is 12.1 Å². The van der Waals surface area contributed by atoms with Crippen LogP contribution in [0.25, 0.3) is 0 Å². The number of carbonyl (C=O) groups excluding carboxylic acids is 2. The van der Waals surface area contributed by atoms with Gasteiger partial charge in [-0.1, -0.05) is 30.3 Å². The summed E-state index contributed by atoms with van der Waals surface area (Å²) in [6.07, 6.45) is 0.833. The Kier molecular flexibility index (Phi) is 7.25. The van der Waals surface area contributed by atoms with Crippen LogP contribution in [0.15, 0.2) is 60.7 Å². The van der Waals surface area contributed by atoms with E-state index in [-0.39, 0.29) is 11.2 Å². The van der Waals surface area contributed by atoms with Crippen molar-refractivity contribution < 1.29 is 25.6 Å². The molecule has 0 bridgehead atoms. The van der Waals surface area contributed by atoms with Gasteiger partial charge in [0.25, 0.3) is 0 Å². The van der Waals surface area contributed by atoms with Gasteiger partial charge in [-0.05, 0) is 0 Å². The number of amides is 1. The Morgan fingerprint density at radius 1 is 1.00 bits per heavy atom. The molecule has 2 aromatic rings. The van der Waals surface area contributed by atoms with Crippen molar-refractivity contribution in [2.45, 2.75) is 5.32 Å². The Bertz CT molecular complexity index is 500. The van der Waals surface area contributed by atoms with Gasteiger partial charge in [-0.15, -0.1) is 0 Å². The minimum Gasteiger partial charge on any atom is -0.298 e. The zero-order valence-electron chi connectivity index (χ0n) is 10.2. The van der Waals surface area contributed by atoms with Crippen molar-refractivity contribution in [2.75, 3.05) is 5.32 Å². The molecule has 0 unspecified atom stereocenters. The molecule has 4 heteroatoms. The zero-order valence-corrected chi connectivity index (χ0v) is 11.3. The average Bonchev–Trinajstić information content (AvgIpc) is 2.49. The molecule has 99 valence electrons. The molecule has 2 rings (SSSR count). The maximum absolute atomic E-state index is 10.8. The van der Waals surface area contributed by atoms with Crippen LogP contribution in [0.1, 0.15) is 10.4 Å². The van der Waals surface area contributed by atoms with Crippen molar-refractivity contribution in [3.63, 3.8) is 0 Å². The molecule has 2 aromatic carbocycles. The number of benzene rings is 2. The van der Waals surface area contributed by atoms with E-state index in [9.17, 15) is 9.59 Å². The van der Waals surface area contributed by atoms with Crippen LogP contribution >= 0.6 is 0 Å². The third-order valence-electron chi connectivity index (χ3n) is 2.11. The Morgan fingerprint density at radius 3 is 1.95 bits per heavy atom. The summed E-state index contributed by atoms with van der Waals surface area (Å²) < 4.78 is 0. The van der Waals surface area contributed by atoms with Gasteiger partial charge in [-0.25, -0.2) is 0 Å². The SMILES string of the molecule is O=C([CH2][Fe])Nc1ccccc1.O=Cc1ccccc1. The van der Waals surface area contributed by atoms with E-state index in [4.69, 9.17) is 0 Å². The number of hydrogen-bond acceptors (Lipinski definition) is 2. The molecule has 0 atom stereocenters. The largest absolute Gasteiger partial charge is 0.298 e. The van der Waals surface area contributed by atoms with E-state index in [2.05, 4.69) is 21.3 Å². The molecule has 0 aliphatic heterocycles. The molecule has 3 nitrogen and oxygen atoms in total. The van der Waals surface area contributed by atoms with Crippen LogP contribution in [0, 0.1) is 0 Å². The van der Waals surface area contributed by atoms with E-state index < -0.39 is 0 Å². The maximum Gasteiger partial charge on any atom is 0.150 e. The summed E-state index contributed by atoms with van der Waals surface area (Å²) in [6.45, 7) is 0. The van der Waals surface area contributed by atoms with Crippen molar-refractivity contribution in [1.29, 1.82) is 0 Å². The molecule has 0 fully saturated rings. The van der Waals surface area contributed by atoms with Crippen LogP contribution < -0.4 is 5.32 Å². The summed E-state index contributed by atoms with van der Waals surface area (Å²) in [4.78, 5) is 20.8. The molecule has 0 aliphatic rings. The summed E-state index contributed by atoms with van der Waals surface area (Å²) in [6, 6.07) is 18.4. The Labute approximate surface area is 120 Å². The van der Waals surface area contributed by atoms with Crippen molar-refractivity contribution in [1.82, 2.24) is 0 Å². The molecular weight excluding hydrogens is 282 g/mol. The summed E-state index contributed by atoms with van der Waals surface area (Å²) in [5, 5.41) is 2.96. The quantitative estimate of drug-likeness (QED) is 0.699. The van der Waals surface area contributed by atoms with E-state index in [0.29, 0.717) is 0 Å². The van der Waals surface area contributed by atoms with Gasteiger partial charge in [0.15, 0.2) is 0 Å². The Hall–Kier alpha value is -1.90. The third-order valence-corrected chi connectivity index (χ3v) is 2.46. The van der Waals surface area contributed by atoms with Crippen LogP contribution in [-0.4, -0.2) is 12.2 Å². The van der Waals surface area contributed by atoms with E-state index in [1.165, 1.54) is 0 Å². The average molecular weight is 296 g/mol. The predicted molar refractivity (Wildman–Crippen MR) is 71.7 cm³/mol. The molecule has 1 N–H and O–H groups in total. The topological polar surface area (TPSA) is 46.2 Å². The fourth-order valence-corrected chi connectivity index (χ4v) is 1.34. The second-order valence-electron chi connectivity index (χ2n) is 3.57. The summed E-state index contributed by atoms with van der Waals surface area (Å²) in [7, 11) is 0. The summed E-state index contributed by atoms with van der Waals surface area (Å²) in [5.74, 6) is -0.0591. The Morgan fingerprint density at radius 2 is 1.53 bits per heavy atom. The van der Waals surface area contributed by atoms with Crippen LogP contribution in [0.5, 0.6) is 0 Å². The monoisotopic (exact) mass is 296 g/mol. The molecule has 0 aliphatic carbocycles. The molecule has 1 amide bonds. The summed E-state index contributed by atoms with van der Waals surface area (Å²) >= 11 is 3.47. The smallest absolute Gasteiger partial charge is 0.150 e. The van der Waals surface area contributed by atoms with Gasteiger partial charge in [-0.2, -0.15) is 0 Å². The predicted octanol–water partition coefficient (Wildman–Crippen LogP) is 3.09. The first-order valence-electron chi connectivity index (χ1n) is 5.65. The van der Waals surface area contributed by atoms with Crippen LogP contribution in [0.3, 0.4) is 0 Å². The van der Waals surface area contributed by atoms with Gasteiger partial charge < -0.3 is 0 Å². The van der Waals surface area contributed by atoms with Gasteiger partial charge in [0, 0.05) is 5.56 Å². The molecule has 0 saturated heterocycles. The minimum atomic E-state index is -0.0591. The van der Waals surface area contributed by atoms with Crippen molar-refractivity contribution in [3.05, 3.63) is 66.2 Å². The molecule has 0 aromatic heterocycles. The number of nitrogens with one attached hydrogen (secondary N) is 1. The number of rotatable bonds is 3. The van der Waals surface area contributed by atoms with Gasteiger partial charge in [0.1, 0.15) is 6.29 Å². The maximum atomic E-state index is 10.8. The first-order valence-corrected chi connectivity index (χ1v) is 6.43. The molecular formula is C15H14FeNO2. The van der Waals surface area contributed by atoms with Crippen LogP contribution in [-0.2, 0) is 20.8 Å². The van der Waals surface area contributed by atoms with E-state index in [0.717, 1.165) is 17.5 Å². The molecule has 0 spiro atoms. The molecule has 19 heavy (non-hydrogen) atoms. The molecule has 0 radical (unpaired) electrons. The number of aldehydes is 1. The normalized spacial score (nSPS) is 8.89. The molecule has 0 saturated carbocycles. The standard InChI is InChI=1S/C8H8NO.C7H6O.Fe/c1-7(10)9-8-5-3-2-4-6-8;8-6-7-4-2-1-3-5-7;/h2-6H,1H2,(H,9,10);1-6H;. The molecule has 0 heterocycles. The van der Waals surface area contributed by atoms with Gasteiger partial charge in [0.2, 0.25) is 0 Å². The first kappa shape index (κ1) is 15.2. The van der Waals surface area contributed by atoms with Crippen LogP contribution in [0.2, 0.25) is 5.32 Å². The number of carbonyl (C=O) groups is 2. The zero-order chi connectivity index (χ0) is 13.9. The second kappa shape index (κ2) is 9.09. The van der Waals surface area contributed by atoms with Gasteiger partial charge in [-0.3, -0.25) is 4.79 Å². The first-order chi connectivity index (χ1) is 9.26. The fourth-order valence-electron chi connectivity index (χ4n) is 1.25.